The number of hydrogen-bond donors (Lipinski definition) is 2. The number of nitrogens with two attached hydrogens (primary N) is 1. The maximum absolute atomic E-state index is 12.3. The zero-order valence-electron chi connectivity index (χ0n) is 11.2. The minimum absolute atomic E-state index is 0.134. The molecule has 0 saturated carbocycles. The van der Waals surface area contributed by atoms with Gasteiger partial charge < -0.3 is 10.5 Å². The zero-order chi connectivity index (χ0) is 14.1. The van der Waals surface area contributed by atoms with E-state index >= 15 is 0 Å². The summed E-state index contributed by atoms with van der Waals surface area (Å²) in [6.07, 6.45) is 0.541. The van der Waals surface area contributed by atoms with E-state index in [0.717, 1.165) is 5.56 Å². The lowest BCUT2D eigenvalue weighted by molar-refractivity contribution is 0.0957. The van der Waals surface area contributed by atoms with Gasteiger partial charge in [0.05, 0.1) is 16.5 Å². The van der Waals surface area contributed by atoms with Crippen molar-refractivity contribution in [2.75, 3.05) is 6.61 Å². The number of nitrogens with one attached hydrogen (secondary N) is 1. The van der Waals surface area contributed by atoms with Crippen LogP contribution in [0, 0.1) is 0 Å². The van der Waals surface area contributed by atoms with Gasteiger partial charge >= 0.3 is 0 Å². The summed E-state index contributed by atoms with van der Waals surface area (Å²) < 4.78 is 32.9. The van der Waals surface area contributed by atoms with Crippen LogP contribution < -0.4 is 10.5 Å². The Kier molecular flexibility index (Phi) is 3.96. The Morgan fingerprint density at radius 2 is 2.05 bits per heavy atom. The van der Waals surface area contributed by atoms with E-state index < -0.39 is 15.6 Å². The molecule has 2 unspecified atom stereocenters. The number of hydrogen-bond acceptors (Lipinski definition) is 4. The molecular weight excluding hydrogens is 264 g/mol. The third kappa shape index (κ3) is 2.97. The average molecular weight is 284 g/mol. The number of ether oxygens (including phenoxy) is 1. The molecular formula is C13H20N2O3S. The number of sulfonamides is 1. The van der Waals surface area contributed by atoms with Crippen molar-refractivity contribution in [1.82, 2.24) is 4.72 Å². The molecule has 1 saturated heterocycles. The standard InChI is InChI=1S/C13H20N2O3S/c1-10-13(2,7-8-18-10)15-19(16,17)12-5-3-11(9-14)4-6-12/h3-6,10,15H,7-9,14H2,1-2H3. The lowest BCUT2D eigenvalue weighted by Gasteiger charge is -2.28. The van der Waals surface area contributed by atoms with E-state index in [1.54, 1.807) is 24.3 Å². The number of rotatable bonds is 4. The molecule has 0 aliphatic carbocycles. The molecule has 2 atom stereocenters. The van der Waals surface area contributed by atoms with Gasteiger partial charge in [-0.1, -0.05) is 12.1 Å². The Morgan fingerprint density at radius 1 is 1.42 bits per heavy atom. The van der Waals surface area contributed by atoms with Crippen molar-refractivity contribution in [3.63, 3.8) is 0 Å². The van der Waals surface area contributed by atoms with Crippen LogP contribution in [0.5, 0.6) is 0 Å². The summed E-state index contributed by atoms with van der Waals surface area (Å²) in [7, 11) is -3.53. The summed E-state index contributed by atoms with van der Waals surface area (Å²) in [5, 5.41) is 0. The Balaban J connectivity index is 2.22. The van der Waals surface area contributed by atoms with Crippen LogP contribution in [0.3, 0.4) is 0 Å². The number of benzene rings is 1. The predicted molar refractivity (Wildman–Crippen MR) is 73.1 cm³/mol. The molecule has 1 aromatic rings. The zero-order valence-corrected chi connectivity index (χ0v) is 12.0. The molecule has 0 bridgehead atoms. The maximum atomic E-state index is 12.3. The molecule has 0 radical (unpaired) electrons. The van der Waals surface area contributed by atoms with Crippen molar-refractivity contribution in [1.29, 1.82) is 0 Å². The van der Waals surface area contributed by atoms with Gasteiger partial charge in [0.2, 0.25) is 10.0 Å². The molecule has 6 heteroatoms. The molecule has 0 spiro atoms. The summed E-state index contributed by atoms with van der Waals surface area (Å²) >= 11 is 0. The largest absolute Gasteiger partial charge is 0.376 e. The van der Waals surface area contributed by atoms with Gasteiger partial charge in [-0.05, 0) is 38.0 Å². The van der Waals surface area contributed by atoms with Crippen LogP contribution in [-0.4, -0.2) is 26.7 Å². The van der Waals surface area contributed by atoms with E-state index in [-0.39, 0.29) is 11.0 Å². The van der Waals surface area contributed by atoms with Gasteiger partial charge in [-0.3, -0.25) is 0 Å². The van der Waals surface area contributed by atoms with Gasteiger partial charge in [0.15, 0.2) is 0 Å². The summed E-state index contributed by atoms with van der Waals surface area (Å²) in [6.45, 7) is 4.73. The second-order valence-corrected chi connectivity index (χ2v) is 6.82. The molecule has 1 aliphatic rings. The fourth-order valence-corrected chi connectivity index (χ4v) is 3.63. The minimum atomic E-state index is -3.53. The quantitative estimate of drug-likeness (QED) is 0.864. The van der Waals surface area contributed by atoms with Crippen molar-refractivity contribution in [2.45, 2.75) is 43.4 Å². The first-order chi connectivity index (χ1) is 8.87. The van der Waals surface area contributed by atoms with Crippen molar-refractivity contribution in [3.05, 3.63) is 29.8 Å². The lowest BCUT2D eigenvalue weighted by Crippen LogP contribution is -2.50. The van der Waals surface area contributed by atoms with E-state index in [1.807, 2.05) is 13.8 Å². The van der Waals surface area contributed by atoms with Gasteiger partial charge in [0.1, 0.15) is 0 Å². The maximum Gasteiger partial charge on any atom is 0.241 e. The van der Waals surface area contributed by atoms with E-state index in [1.165, 1.54) is 0 Å². The molecule has 2 rings (SSSR count). The molecule has 0 amide bonds. The Labute approximate surface area is 114 Å². The van der Waals surface area contributed by atoms with E-state index in [9.17, 15) is 8.42 Å². The highest BCUT2D eigenvalue weighted by Crippen LogP contribution is 2.27. The second kappa shape index (κ2) is 5.20. The highest BCUT2D eigenvalue weighted by atomic mass is 32.2. The monoisotopic (exact) mass is 284 g/mol. The van der Waals surface area contributed by atoms with Crippen molar-refractivity contribution < 1.29 is 13.2 Å². The Bertz CT molecular complexity index is 542. The molecule has 19 heavy (non-hydrogen) atoms. The summed E-state index contributed by atoms with van der Waals surface area (Å²) in [5.41, 5.74) is 5.85. The summed E-state index contributed by atoms with van der Waals surface area (Å²) in [6, 6.07) is 6.61. The first kappa shape index (κ1) is 14.5. The molecule has 5 nitrogen and oxygen atoms in total. The minimum Gasteiger partial charge on any atom is -0.376 e. The summed E-state index contributed by atoms with van der Waals surface area (Å²) in [5.74, 6) is 0. The average Bonchev–Trinajstić information content (AvgIpc) is 2.68. The molecule has 1 aromatic carbocycles. The van der Waals surface area contributed by atoms with Gasteiger partial charge in [0, 0.05) is 13.2 Å². The fraction of sp³-hybridized carbons (Fsp3) is 0.538. The predicted octanol–water partition coefficient (Wildman–Crippen LogP) is 0.991. The van der Waals surface area contributed by atoms with Crippen LogP contribution in [0.25, 0.3) is 0 Å². The molecule has 0 aromatic heterocycles. The van der Waals surface area contributed by atoms with E-state index in [0.29, 0.717) is 19.6 Å². The topological polar surface area (TPSA) is 81.4 Å². The molecule has 1 aliphatic heterocycles. The van der Waals surface area contributed by atoms with Gasteiger partial charge in [-0.25, -0.2) is 13.1 Å². The van der Waals surface area contributed by atoms with Crippen LogP contribution in [0.1, 0.15) is 25.8 Å². The third-order valence-electron chi connectivity index (χ3n) is 3.72. The first-order valence-corrected chi connectivity index (χ1v) is 7.80. The van der Waals surface area contributed by atoms with Crippen LogP contribution in [-0.2, 0) is 21.3 Å². The van der Waals surface area contributed by atoms with Gasteiger partial charge in [-0.2, -0.15) is 0 Å². The SMILES string of the molecule is CC1OCCC1(C)NS(=O)(=O)c1ccc(CN)cc1. The molecule has 3 N–H and O–H groups in total. The fourth-order valence-electron chi connectivity index (χ4n) is 2.14. The summed E-state index contributed by atoms with van der Waals surface area (Å²) in [4.78, 5) is 0.255. The van der Waals surface area contributed by atoms with Crippen LogP contribution in [0.15, 0.2) is 29.2 Å². The smallest absolute Gasteiger partial charge is 0.241 e. The third-order valence-corrected chi connectivity index (χ3v) is 5.35. The first-order valence-electron chi connectivity index (χ1n) is 6.32. The van der Waals surface area contributed by atoms with Crippen LogP contribution >= 0.6 is 0 Å². The molecule has 106 valence electrons. The van der Waals surface area contributed by atoms with Gasteiger partial charge in [0.25, 0.3) is 0 Å². The highest BCUT2D eigenvalue weighted by Gasteiger charge is 2.40. The Morgan fingerprint density at radius 3 is 2.53 bits per heavy atom. The van der Waals surface area contributed by atoms with E-state index in [4.69, 9.17) is 10.5 Å². The van der Waals surface area contributed by atoms with Gasteiger partial charge in [-0.15, -0.1) is 0 Å². The van der Waals surface area contributed by atoms with Crippen molar-refractivity contribution in [3.8, 4) is 0 Å². The molecule has 1 heterocycles. The lowest BCUT2D eigenvalue weighted by atomic mass is 9.97. The van der Waals surface area contributed by atoms with Crippen LogP contribution in [0.4, 0.5) is 0 Å². The van der Waals surface area contributed by atoms with Crippen molar-refractivity contribution >= 4 is 10.0 Å². The molecule has 1 fully saturated rings. The van der Waals surface area contributed by atoms with Crippen LogP contribution in [0.2, 0.25) is 0 Å². The second-order valence-electron chi connectivity index (χ2n) is 5.13. The van der Waals surface area contributed by atoms with E-state index in [2.05, 4.69) is 4.72 Å². The highest BCUT2D eigenvalue weighted by molar-refractivity contribution is 7.89. The van der Waals surface area contributed by atoms with Crippen molar-refractivity contribution in [2.24, 2.45) is 5.73 Å². The normalized spacial score (nSPS) is 27.6. The Hall–Kier alpha value is -0.950.